The van der Waals surface area contributed by atoms with Crippen LogP contribution in [0.1, 0.15) is 56.2 Å². The minimum absolute atomic E-state index is 0.0582. The van der Waals surface area contributed by atoms with E-state index in [9.17, 15) is 9.18 Å². The maximum Gasteiger partial charge on any atom is 0.254 e. The van der Waals surface area contributed by atoms with Crippen molar-refractivity contribution in [2.75, 3.05) is 0 Å². The molecule has 0 aliphatic heterocycles. The molecule has 0 unspecified atom stereocenters. The Balaban J connectivity index is 1.45. The van der Waals surface area contributed by atoms with Crippen LogP contribution in [0, 0.1) is 19.7 Å². The number of nitrogens with one attached hydrogen (secondary N) is 1. The smallest absolute Gasteiger partial charge is 0.254 e. The van der Waals surface area contributed by atoms with E-state index in [4.69, 9.17) is 4.99 Å². The number of nitrogens with zero attached hydrogens (tertiary/aromatic N) is 2. The molecule has 0 saturated heterocycles. The molecule has 0 spiro atoms. The Kier molecular flexibility index (Phi) is 6.64. The average Bonchev–Trinajstić information content (AvgIpc) is 3.38. The van der Waals surface area contributed by atoms with Gasteiger partial charge in [-0.25, -0.2) is 9.38 Å². The number of rotatable bonds is 6. The summed E-state index contributed by atoms with van der Waals surface area (Å²) < 4.78 is 15.5. The van der Waals surface area contributed by atoms with E-state index in [2.05, 4.69) is 16.0 Å². The molecule has 6 heteroatoms. The van der Waals surface area contributed by atoms with Gasteiger partial charge in [-0.3, -0.25) is 4.79 Å². The molecular weight excluding hydrogens is 457 g/mol. The molecule has 178 valence electrons. The molecule has 0 bridgehead atoms. The lowest BCUT2D eigenvalue weighted by Gasteiger charge is -2.12. The Bertz CT molecular complexity index is 1380. The Morgan fingerprint density at radius 1 is 1.09 bits per heavy atom. The first-order valence-corrected chi connectivity index (χ1v) is 12.8. The number of thiophene rings is 1. The zero-order valence-corrected chi connectivity index (χ0v) is 20.8. The molecule has 0 radical (unpaired) electrons. The fraction of sp³-hybridized carbons (Fsp3) is 0.241. The first-order valence-electron chi connectivity index (χ1n) is 12.0. The fourth-order valence-electron chi connectivity index (χ4n) is 4.78. The highest BCUT2D eigenvalue weighted by Gasteiger charge is 2.25. The average molecular weight is 486 g/mol. The van der Waals surface area contributed by atoms with Crippen LogP contribution in [-0.4, -0.2) is 16.7 Å². The summed E-state index contributed by atoms with van der Waals surface area (Å²) >= 11 is 1.64. The molecule has 35 heavy (non-hydrogen) atoms. The fourth-order valence-corrected chi connectivity index (χ4v) is 6.01. The standard InChI is InChI=1S/C29H28FN3OS/c1-19-16-22(20(2)33(19)24-14-12-23(30)13-15-24)18-32-29-27(25-10-6-7-11-26(25)35-29)28(34)31-17-21-8-4-3-5-9-21/h3-5,8-9,12-16,18H,6-7,10-11,17H2,1-2H3,(H,31,34). The zero-order chi connectivity index (χ0) is 24.4. The van der Waals surface area contributed by atoms with Crippen LogP contribution >= 0.6 is 11.3 Å². The third kappa shape index (κ3) is 4.84. The van der Waals surface area contributed by atoms with Crippen molar-refractivity contribution in [1.82, 2.24) is 9.88 Å². The molecule has 0 atom stereocenters. The topological polar surface area (TPSA) is 46.4 Å². The van der Waals surface area contributed by atoms with Gasteiger partial charge in [-0.2, -0.15) is 0 Å². The highest BCUT2D eigenvalue weighted by molar-refractivity contribution is 7.16. The largest absolute Gasteiger partial charge is 0.348 e. The van der Waals surface area contributed by atoms with Gasteiger partial charge in [-0.15, -0.1) is 11.3 Å². The number of hydrogen-bond donors (Lipinski definition) is 1. The number of aromatic nitrogens is 1. The van der Waals surface area contributed by atoms with Gasteiger partial charge < -0.3 is 9.88 Å². The highest BCUT2D eigenvalue weighted by atomic mass is 32.1. The molecule has 1 N–H and O–H groups in total. The van der Waals surface area contributed by atoms with Crippen LogP contribution in [-0.2, 0) is 19.4 Å². The van der Waals surface area contributed by atoms with Crippen molar-refractivity contribution in [1.29, 1.82) is 0 Å². The molecule has 2 aromatic heterocycles. The van der Waals surface area contributed by atoms with Gasteiger partial charge in [0.25, 0.3) is 5.91 Å². The van der Waals surface area contributed by atoms with Gasteiger partial charge in [-0.1, -0.05) is 30.3 Å². The van der Waals surface area contributed by atoms with Crippen LogP contribution in [0.3, 0.4) is 0 Å². The Morgan fingerprint density at radius 3 is 2.60 bits per heavy atom. The van der Waals surface area contributed by atoms with Gasteiger partial charge in [0.15, 0.2) is 0 Å². The molecule has 0 saturated carbocycles. The van der Waals surface area contributed by atoms with E-state index < -0.39 is 0 Å². The molecule has 1 amide bonds. The predicted octanol–water partition coefficient (Wildman–Crippen LogP) is 6.85. The summed E-state index contributed by atoms with van der Waals surface area (Å²) in [7, 11) is 0. The van der Waals surface area contributed by atoms with Crippen LogP contribution in [0.2, 0.25) is 0 Å². The van der Waals surface area contributed by atoms with Gasteiger partial charge in [0.2, 0.25) is 0 Å². The van der Waals surface area contributed by atoms with Gasteiger partial charge in [-0.05, 0) is 81.0 Å². The minimum atomic E-state index is -0.252. The number of halogens is 1. The molecule has 2 aromatic carbocycles. The molecule has 4 nitrogen and oxygen atoms in total. The predicted molar refractivity (Wildman–Crippen MR) is 141 cm³/mol. The van der Waals surface area contributed by atoms with Crippen molar-refractivity contribution < 1.29 is 9.18 Å². The second-order valence-corrected chi connectivity index (χ2v) is 10.0. The van der Waals surface area contributed by atoms with Crippen molar-refractivity contribution >= 4 is 28.5 Å². The van der Waals surface area contributed by atoms with E-state index in [0.29, 0.717) is 6.54 Å². The second-order valence-electron chi connectivity index (χ2n) is 8.96. The first kappa shape index (κ1) is 23.2. The molecular formula is C29H28FN3OS. The number of fused-ring (bicyclic) bond motifs is 1. The third-order valence-electron chi connectivity index (χ3n) is 6.55. The van der Waals surface area contributed by atoms with Crippen molar-refractivity contribution in [3.8, 4) is 5.69 Å². The van der Waals surface area contributed by atoms with Gasteiger partial charge in [0.1, 0.15) is 10.8 Å². The summed E-state index contributed by atoms with van der Waals surface area (Å²) in [4.78, 5) is 19.4. The van der Waals surface area contributed by atoms with Crippen LogP contribution < -0.4 is 5.32 Å². The zero-order valence-electron chi connectivity index (χ0n) is 20.0. The first-order chi connectivity index (χ1) is 17.0. The highest BCUT2D eigenvalue weighted by Crippen LogP contribution is 2.40. The Morgan fingerprint density at radius 2 is 1.83 bits per heavy atom. The quantitative estimate of drug-likeness (QED) is 0.298. The van der Waals surface area contributed by atoms with Crippen LogP contribution in [0.25, 0.3) is 5.69 Å². The normalized spacial score (nSPS) is 13.2. The minimum Gasteiger partial charge on any atom is -0.348 e. The summed E-state index contributed by atoms with van der Waals surface area (Å²) in [6.07, 6.45) is 6.04. The Hall–Kier alpha value is -3.51. The summed E-state index contributed by atoms with van der Waals surface area (Å²) in [5.41, 5.74) is 6.92. The maximum atomic E-state index is 13.4. The number of carbonyl (C=O) groups is 1. The third-order valence-corrected chi connectivity index (χ3v) is 7.75. The molecule has 1 aliphatic carbocycles. The molecule has 1 aliphatic rings. The Labute approximate surface area is 209 Å². The second kappa shape index (κ2) is 10.0. The van der Waals surface area contributed by atoms with Gasteiger partial charge >= 0.3 is 0 Å². The number of aryl methyl sites for hydroxylation is 2. The van der Waals surface area contributed by atoms with Crippen molar-refractivity contribution in [3.05, 3.63) is 105 Å². The monoisotopic (exact) mass is 485 g/mol. The molecule has 2 heterocycles. The van der Waals surface area contributed by atoms with Crippen LogP contribution in [0.4, 0.5) is 9.39 Å². The van der Waals surface area contributed by atoms with E-state index in [-0.39, 0.29) is 11.7 Å². The van der Waals surface area contributed by atoms with E-state index in [0.717, 1.165) is 70.0 Å². The molecule has 5 rings (SSSR count). The van der Waals surface area contributed by atoms with Crippen LogP contribution in [0.5, 0.6) is 0 Å². The lowest BCUT2D eigenvalue weighted by molar-refractivity contribution is 0.0951. The van der Waals surface area contributed by atoms with Gasteiger partial charge in [0, 0.05) is 40.3 Å². The maximum absolute atomic E-state index is 13.4. The number of hydrogen-bond acceptors (Lipinski definition) is 3. The van der Waals surface area contributed by atoms with Crippen molar-refractivity contribution in [3.63, 3.8) is 0 Å². The van der Waals surface area contributed by atoms with E-state index >= 15 is 0 Å². The number of aliphatic imine (C=N–C) groups is 1. The van der Waals surface area contributed by atoms with E-state index in [1.54, 1.807) is 23.5 Å². The van der Waals surface area contributed by atoms with Gasteiger partial charge in [0.05, 0.1) is 5.56 Å². The summed E-state index contributed by atoms with van der Waals surface area (Å²) in [5, 5.41) is 3.87. The lowest BCUT2D eigenvalue weighted by Crippen LogP contribution is -2.24. The number of amides is 1. The summed E-state index contributed by atoms with van der Waals surface area (Å²) in [6.45, 7) is 4.55. The summed E-state index contributed by atoms with van der Waals surface area (Å²) in [5.74, 6) is -0.310. The van der Waals surface area contributed by atoms with Crippen molar-refractivity contribution in [2.45, 2.75) is 46.1 Å². The lowest BCUT2D eigenvalue weighted by atomic mass is 9.95. The van der Waals surface area contributed by atoms with E-state index in [1.165, 1.54) is 17.0 Å². The van der Waals surface area contributed by atoms with Crippen molar-refractivity contribution in [2.24, 2.45) is 4.99 Å². The number of benzene rings is 2. The number of carbonyl (C=O) groups excluding carboxylic acids is 1. The summed E-state index contributed by atoms with van der Waals surface area (Å²) in [6, 6.07) is 18.5. The molecule has 4 aromatic rings. The SMILES string of the molecule is Cc1cc(C=Nc2sc3c(c2C(=O)NCc2ccccc2)CCCC3)c(C)n1-c1ccc(F)cc1. The van der Waals surface area contributed by atoms with Crippen LogP contribution in [0.15, 0.2) is 65.7 Å². The molecule has 0 fully saturated rings. The van der Waals surface area contributed by atoms with E-state index in [1.807, 2.05) is 50.4 Å².